The van der Waals surface area contributed by atoms with E-state index in [-0.39, 0.29) is 19.3 Å². The predicted molar refractivity (Wildman–Crippen MR) is 261 cm³/mol. The summed E-state index contributed by atoms with van der Waals surface area (Å²) in [6.45, 7) is 5.95. The number of hydrogen-bond donors (Lipinski definition) is 3. The van der Waals surface area contributed by atoms with Crippen LogP contribution >= 0.6 is 0 Å². The molecule has 0 rings (SSSR count). The molecule has 0 fully saturated rings. The molecule has 0 aliphatic rings. The van der Waals surface area contributed by atoms with Gasteiger partial charge in [-0.05, 0) is 44.9 Å². The first-order chi connectivity index (χ1) is 29.8. The van der Waals surface area contributed by atoms with Crippen LogP contribution in [0.3, 0.4) is 0 Å². The standard InChI is InChI=1S/C55H104O6/c1-4-7-10-13-16-19-22-25-27-29-32-35-38-41-44-47-52(59)55(54(61)53(60)50(57)49-56,48-45-42-39-36-33-30-26-23-20-17-14-11-8-5-2)51(58)46-43-40-37-34-31-28-24-21-18-15-12-9-6-3/h25,27,50,53,56-57,60H,4-24,26,28-49H2,1-3H3. The average molecular weight is 861 g/mol. The predicted octanol–water partition coefficient (Wildman–Crippen LogP) is 15.8. The minimum atomic E-state index is -1.97. The summed E-state index contributed by atoms with van der Waals surface area (Å²) >= 11 is 0. The van der Waals surface area contributed by atoms with Crippen LogP contribution in [0.4, 0.5) is 0 Å². The number of hydrogen-bond acceptors (Lipinski definition) is 6. The lowest BCUT2D eigenvalue weighted by molar-refractivity contribution is -0.158. The SMILES string of the molecule is CCCCCCCCC=CCCCCCCCC(=O)C(CCCCCCCCCCCCCCCC)(C(=O)CCCCCCCCCCCCCCC)C(=O)C(O)C(O)CO. The normalized spacial score (nSPS) is 13.8. The summed E-state index contributed by atoms with van der Waals surface area (Å²) in [4.78, 5) is 42.7. The third-order valence-corrected chi connectivity index (χ3v) is 13.3. The Kier molecular flexibility index (Phi) is 44.2. The van der Waals surface area contributed by atoms with Gasteiger partial charge in [0.25, 0.3) is 0 Å². The number of aliphatic hydroxyl groups excluding tert-OH is 3. The zero-order chi connectivity index (χ0) is 44.9. The van der Waals surface area contributed by atoms with Crippen LogP contribution in [0.5, 0.6) is 0 Å². The molecule has 0 amide bonds. The van der Waals surface area contributed by atoms with Crippen LogP contribution in [0, 0.1) is 5.41 Å². The lowest BCUT2D eigenvalue weighted by Crippen LogP contribution is -2.54. The van der Waals surface area contributed by atoms with Gasteiger partial charge >= 0.3 is 0 Å². The molecule has 6 heteroatoms. The Bertz CT molecular complexity index is 1010. The smallest absolute Gasteiger partial charge is 0.184 e. The van der Waals surface area contributed by atoms with Crippen LogP contribution in [0.1, 0.15) is 297 Å². The molecule has 0 heterocycles. The van der Waals surface area contributed by atoms with Crippen molar-refractivity contribution in [3.8, 4) is 0 Å². The molecular formula is C55H104O6. The molecule has 61 heavy (non-hydrogen) atoms. The zero-order valence-electron chi connectivity index (χ0n) is 41.0. The fraction of sp³-hybridized carbons (Fsp3) is 0.909. The van der Waals surface area contributed by atoms with Crippen LogP contribution in [0.15, 0.2) is 12.2 Å². The number of carbonyl (C=O) groups excluding carboxylic acids is 3. The van der Waals surface area contributed by atoms with Crippen molar-refractivity contribution < 1.29 is 29.7 Å². The van der Waals surface area contributed by atoms with Gasteiger partial charge in [-0.2, -0.15) is 0 Å². The number of allylic oxidation sites excluding steroid dienone is 2. The van der Waals surface area contributed by atoms with Crippen LogP contribution in [-0.4, -0.2) is 51.5 Å². The number of carbonyl (C=O) groups is 3. The zero-order valence-corrected chi connectivity index (χ0v) is 41.0. The van der Waals surface area contributed by atoms with Gasteiger partial charge in [0.2, 0.25) is 0 Å². The van der Waals surface area contributed by atoms with E-state index in [1.165, 1.54) is 161 Å². The number of unbranched alkanes of at least 4 members (excludes halogenated alkanes) is 36. The number of ketones is 3. The van der Waals surface area contributed by atoms with E-state index in [9.17, 15) is 29.7 Å². The van der Waals surface area contributed by atoms with Crippen molar-refractivity contribution in [2.45, 2.75) is 309 Å². The second-order valence-electron chi connectivity index (χ2n) is 19.0. The van der Waals surface area contributed by atoms with Crippen molar-refractivity contribution in [1.29, 1.82) is 0 Å². The van der Waals surface area contributed by atoms with Crippen LogP contribution in [0.25, 0.3) is 0 Å². The minimum Gasteiger partial charge on any atom is -0.394 e. The molecule has 0 aliphatic heterocycles. The first-order valence-electron chi connectivity index (χ1n) is 27.1. The molecular weight excluding hydrogens is 757 g/mol. The highest BCUT2D eigenvalue weighted by atomic mass is 16.4. The molecule has 0 bridgehead atoms. The van der Waals surface area contributed by atoms with E-state index in [1.807, 2.05) is 0 Å². The van der Waals surface area contributed by atoms with E-state index in [4.69, 9.17) is 0 Å². The molecule has 3 N–H and O–H groups in total. The van der Waals surface area contributed by atoms with Crippen molar-refractivity contribution in [3.63, 3.8) is 0 Å². The molecule has 3 unspecified atom stereocenters. The first-order valence-corrected chi connectivity index (χ1v) is 27.1. The van der Waals surface area contributed by atoms with Crippen molar-refractivity contribution in [2.75, 3.05) is 6.61 Å². The third-order valence-electron chi connectivity index (χ3n) is 13.3. The molecule has 0 saturated heterocycles. The summed E-state index contributed by atoms with van der Waals surface area (Å²) in [6.07, 6.45) is 47.9. The van der Waals surface area contributed by atoms with Gasteiger partial charge in [0.15, 0.2) is 17.3 Å². The Balaban J connectivity index is 5.23. The molecule has 0 aromatic rings. The first kappa shape index (κ1) is 59.6. The van der Waals surface area contributed by atoms with E-state index >= 15 is 0 Å². The number of rotatable bonds is 50. The Morgan fingerprint density at radius 2 is 0.656 bits per heavy atom. The van der Waals surface area contributed by atoms with Crippen molar-refractivity contribution in [3.05, 3.63) is 12.2 Å². The lowest BCUT2D eigenvalue weighted by Gasteiger charge is -2.33. The molecule has 0 spiro atoms. The molecule has 0 aromatic carbocycles. The molecule has 3 atom stereocenters. The number of Topliss-reactive ketones (excluding diaryl/α,β-unsaturated/α-hetero) is 3. The van der Waals surface area contributed by atoms with E-state index in [2.05, 4.69) is 32.9 Å². The minimum absolute atomic E-state index is 0.0836. The summed E-state index contributed by atoms with van der Waals surface area (Å²) in [5, 5.41) is 31.0. The maximum atomic E-state index is 14.3. The van der Waals surface area contributed by atoms with Gasteiger partial charge in [0.05, 0.1) is 6.61 Å². The van der Waals surface area contributed by atoms with Crippen LogP contribution < -0.4 is 0 Å². The molecule has 0 aliphatic carbocycles. The lowest BCUT2D eigenvalue weighted by atomic mass is 9.67. The van der Waals surface area contributed by atoms with Gasteiger partial charge < -0.3 is 15.3 Å². The Morgan fingerprint density at radius 3 is 0.951 bits per heavy atom. The highest BCUT2D eigenvalue weighted by Crippen LogP contribution is 2.36. The van der Waals surface area contributed by atoms with Crippen LogP contribution in [0.2, 0.25) is 0 Å². The Hall–Kier alpha value is -1.37. The second kappa shape index (κ2) is 45.2. The molecule has 0 saturated carbocycles. The summed E-state index contributed by atoms with van der Waals surface area (Å²) in [6, 6.07) is 0. The topological polar surface area (TPSA) is 112 Å². The largest absolute Gasteiger partial charge is 0.394 e. The average Bonchev–Trinajstić information content (AvgIpc) is 3.27. The fourth-order valence-electron chi connectivity index (χ4n) is 9.03. The van der Waals surface area contributed by atoms with E-state index in [1.54, 1.807) is 0 Å². The quantitative estimate of drug-likeness (QED) is 0.0319. The highest BCUT2D eigenvalue weighted by molar-refractivity contribution is 6.25. The van der Waals surface area contributed by atoms with Crippen molar-refractivity contribution in [1.82, 2.24) is 0 Å². The number of aliphatic hydroxyl groups is 3. The summed E-state index contributed by atoms with van der Waals surface area (Å²) in [5.74, 6) is -1.69. The van der Waals surface area contributed by atoms with Gasteiger partial charge in [-0.3, -0.25) is 14.4 Å². The molecule has 0 aromatic heterocycles. The molecule has 360 valence electrons. The Morgan fingerprint density at radius 1 is 0.393 bits per heavy atom. The monoisotopic (exact) mass is 861 g/mol. The van der Waals surface area contributed by atoms with E-state index < -0.39 is 41.6 Å². The van der Waals surface area contributed by atoms with Gasteiger partial charge in [-0.15, -0.1) is 0 Å². The summed E-state index contributed by atoms with van der Waals surface area (Å²) < 4.78 is 0. The van der Waals surface area contributed by atoms with Gasteiger partial charge in [0, 0.05) is 12.8 Å². The van der Waals surface area contributed by atoms with Gasteiger partial charge in [-0.1, -0.05) is 251 Å². The highest BCUT2D eigenvalue weighted by Gasteiger charge is 2.53. The van der Waals surface area contributed by atoms with Crippen LogP contribution in [-0.2, 0) is 14.4 Å². The van der Waals surface area contributed by atoms with E-state index in [0.29, 0.717) is 19.3 Å². The molecule has 6 nitrogen and oxygen atoms in total. The Labute approximate surface area is 379 Å². The van der Waals surface area contributed by atoms with Gasteiger partial charge in [0.1, 0.15) is 17.6 Å². The molecule has 0 radical (unpaired) electrons. The maximum absolute atomic E-state index is 14.3. The van der Waals surface area contributed by atoms with Gasteiger partial charge in [-0.25, -0.2) is 0 Å². The fourth-order valence-corrected chi connectivity index (χ4v) is 9.03. The summed E-state index contributed by atoms with van der Waals surface area (Å²) in [7, 11) is 0. The summed E-state index contributed by atoms with van der Waals surface area (Å²) in [5.41, 5.74) is -1.95. The maximum Gasteiger partial charge on any atom is 0.184 e. The van der Waals surface area contributed by atoms with Crippen molar-refractivity contribution >= 4 is 17.3 Å². The van der Waals surface area contributed by atoms with E-state index in [0.717, 1.165) is 77.0 Å². The third kappa shape index (κ3) is 32.9. The van der Waals surface area contributed by atoms with Crippen molar-refractivity contribution in [2.24, 2.45) is 5.41 Å². The second-order valence-corrected chi connectivity index (χ2v) is 19.0.